The molecule has 0 aliphatic rings. The molecule has 1 rings (SSSR count). The summed E-state index contributed by atoms with van der Waals surface area (Å²) in [6, 6.07) is 5.28. The third-order valence-electron chi connectivity index (χ3n) is 2.58. The highest BCUT2D eigenvalue weighted by Crippen LogP contribution is 2.30. The Bertz CT molecular complexity index is 422. The molecule has 1 aromatic rings. The van der Waals surface area contributed by atoms with Crippen molar-refractivity contribution in [2.24, 2.45) is 0 Å². The van der Waals surface area contributed by atoms with Crippen molar-refractivity contribution in [2.45, 2.75) is 33.1 Å². The van der Waals surface area contributed by atoms with Crippen LogP contribution < -0.4 is 5.32 Å². The molecule has 0 fully saturated rings. The Morgan fingerprint density at radius 3 is 2.56 bits per heavy atom. The van der Waals surface area contributed by atoms with Gasteiger partial charge in [-0.25, -0.2) is 0 Å². The van der Waals surface area contributed by atoms with Crippen LogP contribution in [0.5, 0.6) is 5.75 Å². The number of benzene rings is 1. The van der Waals surface area contributed by atoms with Crippen molar-refractivity contribution in [1.29, 1.82) is 0 Å². The lowest BCUT2D eigenvalue weighted by atomic mass is 9.87. The van der Waals surface area contributed by atoms with Crippen LogP contribution in [0.4, 0.5) is 5.69 Å². The van der Waals surface area contributed by atoms with Gasteiger partial charge in [0.05, 0.1) is 5.69 Å². The first-order chi connectivity index (χ1) is 8.34. The fourth-order valence-electron chi connectivity index (χ4n) is 1.48. The number of amides is 1. The molecule has 0 heterocycles. The van der Waals surface area contributed by atoms with Gasteiger partial charge in [-0.3, -0.25) is 4.79 Å². The summed E-state index contributed by atoms with van der Waals surface area (Å²) in [5.41, 5.74) is 1.39. The second-order valence-corrected chi connectivity index (χ2v) is 5.17. The fraction of sp³-hybridized carbons (Fsp3) is 0.500. The van der Waals surface area contributed by atoms with E-state index in [1.54, 1.807) is 12.1 Å². The molecule has 0 radical (unpaired) electrons. The molecule has 0 bridgehead atoms. The van der Waals surface area contributed by atoms with Gasteiger partial charge in [0, 0.05) is 6.61 Å². The van der Waals surface area contributed by atoms with Crippen LogP contribution in [0.1, 0.15) is 33.3 Å². The van der Waals surface area contributed by atoms with Crippen LogP contribution in [0, 0.1) is 0 Å². The van der Waals surface area contributed by atoms with E-state index >= 15 is 0 Å². The van der Waals surface area contributed by atoms with E-state index in [0.29, 0.717) is 12.3 Å². The Balaban J connectivity index is 2.77. The van der Waals surface area contributed by atoms with Crippen molar-refractivity contribution < 1.29 is 14.6 Å². The molecule has 0 aliphatic carbocycles. The van der Waals surface area contributed by atoms with Crippen LogP contribution >= 0.6 is 0 Å². The second kappa shape index (κ2) is 5.87. The molecule has 0 aliphatic heterocycles. The predicted molar refractivity (Wildman–Crippen MR) is 71.9 cm³/mol. The molecule has 1 aromatic carbocycles. The van der Waals surface area contributed by atoms with Crippen molar-refractivity contribution in [1.82, 2.24) is 0 Å². The van der Waals surface area contributed by atoms with Gasteiger partial charge < -0.3 is 15.2 Å². The first-order valence-corrected chi connectivity index (χ1v) is 6.05. The summed E-state index contributed by atoms with van der Waals surface area (Å²) in [5, 5.41) is 12.5. The number of phenolic OH excluding ortho intramolecular Hbond substituents is 1. The van der Waals surface area contributed by atoms with Gasteiger partial charge in [-0.05, 0) is 30.0 Å². The van der Waals surface area contributed by atoms with E-state index in [2.05, 4.69) is 26.1 Å². The number of carbonyl (C=O) groups is 1. The third kappa shape index (κ3) is 4.04. The highest BCUT2D eigenvalue weighted by Gasteiger charge is 2.16. The Morgan fingerprint density at radius 2 is 2.06 bits per heavy atom. The van der Waals surface area contributed by atoms with Gasteiger partial charge in [0.15, 0.2) is 0 Å². The van der Waals surface area contributed by atoms with E-state index in [9.17, 15) is 9.90 Å². The largest absolute Gasteiger partial charge is 0.506 e. The lowest BCUT2D eigenvalue weighted by molar-refractivity contribution is -0.120. The standard InChI is InChI=1S/C14H21NO3/c1-5-18-9-13(17)15-11-7-6-10(8-12(11)16)14(2,3)4/h6-8,16H,5,9H2,1-4H3,(H,15,17). The summed E-state index contributed by atoms with van der Waals surface area (Å²) < 4.78 is 4.99. The smallest absolute Gasteiger partial charge is 0.250 e. The molecule has 0 aromatic heterocycles. The first-order valence-electron chi connectivity index (χ1n) is 6.05. The molecule has 1 amide bonds. The number of carbonyl (C=O) groups excluding carboxylic acids is 1. The maximum absolute atomic E-state index is 11.5. The topological polar surface area (TPSA) is 58.6 Å². The van der Waals surface area contributed by atoms with Gasteiger partial charge in [0.1, 0.15) is 12.4 Å². The molecule has 0 atom stereocenters. The molecule has 0 unspecified atom stereocenters. The molecule has 0 saturated carbocycles. The average molecular weight is 251 g/mol. The van der Waals surface area contributed by atoms with Crippen LogP contribution in [0.2, 0.25) is 0 Å². The lowest BCUT2D eigenvalue weighted by Gasteiger charge is -2.20. The minimum Gasteiger partial charge on any atom is -0.506 e. The maximum Gasteiger partial charge on any atom is 0.250 e. The van der Waals surface area contributed by atoms with Gasteiger partial charge in [0.2, 0.25) is 5.91 Å². The number of ether oxygens (including phenoxy) is 1. The fourth-order valence-corrected chi connectivity index (χ4v) is 1.48. The van der Waals surface area contributed by atoms with Crippen LogP contribution in [0.3, 0.4) is 0 Å². The Morgan fingerprint density at radius 1 is 1.39 bits per heavy atom. The van der Waals surface area contributed by atoms with Crippen molar-refractivity contribution in [2.75, 3.05) is 18.5 Å². The number of nitrogens with one attached hydrogen (secondary N) is 1. The van der Waals surface area contributed by atoms with Gasteiger partial charge in [-0.15, -0.1) is 0 Å². The molecule has 100 valence electrons. The van der Waals surface area contributed by atoms with E-state index in [4.69, 9.17) is 4.74 Å². The van der Waals surface area contributed by atoms with Crippen molar-refractivity contribution >= 4 is 11.6 Å². The van der Waals surface area contributed by atoms with E-state index < -0.39 is 0 Å². The zero-order valence-corrected chi connectivity index (χ0v) is 11.4. The summed E-state index contributed by atoms with van der Waals surface area (Å²) in [6.07, 6.45) is 0. The number of hydrogen-bond acceptors (Lipinski definition) is 3. The minimum atomic E-state index is -0.268. The lowest BCUT2D eigenvalue weighted by Crippen LogP contribution is -2.18. The minimum absolute atomic E-state index is 0.00301. The molecule has 2 N–H and O–H groups in total. The van der Waals surface area contributed by atoms with Crippen molar-refractivity contribution in [3.63, 3.8) is 0 Å². The van der Waals surface area contributed by atoms with E-state index in [-0.39, 0.29) is 23.7 Å². The summed E-state index contributed by atoms with van der Waals surface area (Å²) in [7, 11) is 0. The number of hydrogen-bond donors (Lipinski definition) is 2. The highest BCUT2D eigenvalue weighted by atomic mass is 16.5. The van der Waals surface area contributed by atoms with Crippen LogP contribution in [-0.2, 0) is 14.9 Å². The first kappa shape index (κ1) is 14.5. The number of anilines is 1. The van der Waals surface area contributed by atoms with Gasteiger partial charge in [0.25, 0.3) is 0 Å². The summed E-state index contributed by atoms with van der Waals surface area (Å²) in [4.78, 5) is 11.5. The molecule has 4 heteroatoms. The second-order valence-electron chi connectivity index (χ2n) is 5.17. The van der Waals surface area contributed by atoms with Crippen LogP contribution in [-0.4, -0.2) is 24.2 Å². The molecule has 0 saturated heterocycles. The number of rotatable bonds is 4. The van der Waals surface area contributed by atoms with E-state index in [1.165, 1.54) is 0 Å². The summed E-state index contributed by atoms with van der Waals surface area (Å²) in [5.74, 6) is -0.192. The molecular weight excluding hydrogens is 230 g/mol. The van der Waals surface area contributed by atoms with Crippen LogP contribution in [0.15, 0.2) is 18.2 Å². The molecule has 0 spiro atoms. The monoisotopic (exact) mass is 251 g/mol. The van der Waals surface area contributed by atoms with Crippen molar-refractivity contribution in [3.8, 4) is 5.75 Å². The summed E-state index contributed by atoms with van der Waals surface area (Å²) >= 11 is 0. The molecule has 4 nitrogen and oxygen atoms in total. The highest BCUT2D eigenvalue weighted by molar-refractivity contribution is 5.93. The quantitative estimate of drug-likeness (QED) is 0.809. The Kier molecular flexibility index (Phi) is 4.73. The molecular formula is C14H21NO3. The van der Waals surface area contributed by atoms with Crippen LogP contribution in [0.25, 0.3) is 0 Å². The van der Waals surface area contributed by atoms with E-state index in [0.717, 1.165) is 5.56 Å². The zero-order chi connectivity index (χ0) is 13.8. The van der Waals surface area contributed by atoms with E-state index in [1.807, 2.05) is 13.0 Å². The maximum atomic E-state index is 11.5. The zero-order valence-electron chi connectivity index (χ0n) is 11.4. The SMILES string of the molecule is CCOCC(=O)Nc1ccc(C(C)(C)C)cc1O. The van der Waals surface area contributed by atoms with Crippen molar-refractivity contribution in [3.05, 3.63) is 23.8 Å². The van der Waals surface area contributed by atoms with Gasteiger partial charge >= 0.3 is 0 Å². The van der Waals surface area contributed by atoms with Gasteiger partial charge in [-0.2, -0.15) is 0 Å². The normalized spacial score (nSPS) is 11.3. The molecule has 18 heavy (non-hydrogen) atoms. The average Bonchev–Trinajstić information content (AvgIpc) is 2.27. The summed E-state index contributed by atoms with van der Waals surface area (Å²) in [6.45, 7) is 8.50. The van der Waals surface area contributed by atoms with Gasteiger partial charge in [-0.1, -0.05) is 26.8 Å². The Labute approximate surface area is 108 Å². The predicted octanol–water partition coefficient (Wildman–Crippen LogP) is 2.66. The third-order valence-corrected chi connectivity index (χ3v) is 2.58. The Hall–Kier alpha value is -1.55. The number of aromatic hydroxyl groups is 1. The number of phenols is 1.